The summed E-state index contributed by atoms with van der Waals surface area (Å²) in [5.41, 5.74) is 2.07. The van der Waals surface area contributed by atoms with Gasteiger partial charge in [0.05, 0.1) is 19.1 Å². The van der Waals surface area contributed by atoms with E-state index >= 15 is 0 Å². The Kier molecular flexibility index (Phi) is 6.90. The number of nitrogens with one attached hydrogen (secondary N) is 1. The minimum Gasteiger partial charge on any atom is -0.493 e. The fourth-order valence-corrected chi connectivity index (χ4v) is 4.53. The van der Waals surface area contributed by atoms with E-state index in [1.807, 2.05) is 24.3 Å². The molecular weight excluding hydrogens is 376 g/mol. The molecule has 2 aliphatic rings. The molecule has 5 heteroatoms. The number of anilines is 1. The summed E-state index contributed by atoms with van der Waals surface area (Å²) in [6, 6.07) is 16.1. The number of ether oxygens (including phenoxy) is 2. The maximum absolute atomic E-state index is 13.0. The number of carbonyl (C=O) groups is 1. The van der Waals surface area contributed by atoms with E-state index in [9.17, 15) is 4.79 Å². The zero-order valence-electron chi connectivity index (χ0n) is 17.8. The van der Waals surface area contributed by atoms with E-state index in [0.29, 0.717) is 5.75 Å². The number of benzene rings is 2. The minimum absolute atomic E-state index is 0.00349. The van der Waals surface area contributed by atoms with Gasteiger partial charge in [-0.2, -0.15) is 0 Å². The van der Waals surface area contributed by atoms with Crippen molar-refractivity contribution in [1.82, 2.24) is 4.90 Å². The summed E-state index contributed by atoms with van der Waals surface area (Å²) >= 11 is 0. The predicted octanol–water partition coefficient (Wildman–Crippen LogP) is 4.87. The first kappa shape index (κ1) is 20.7. The molecule has 2 aromatic carbocycles. The van der Waals surface area contributed by atoms with Gasteiger partial charge < -0.3 is 14.8 Å². The fourth-order valence-electron chi connectivity index (χ4n) is 4.53. The van der Waals surface area contributed by atoms with Crippen molar-refractivity contribution in [2.45, 2.75) is 51.2 Å². The maximum Gasteiger partial charge on any atom is 0.228 e. The number of carbonyl (C=O) groups excluding carboxylic acids is 1. The van der Waals surface area contributed by atoms with Gasteiger partial charge in [0, 0.05) is 24.8 Å². The van der Waals surface area contributed by atoms with Crippen LogP contribution in [0.1, 0.15) is 44.1 Å². The topological polar surface area (TPSA) is 50.8 Å². The van der Waals surface area contributed by atoms with Crippen LogP contribution >= 0.6 is 0 Å². The molecule has 1 atom stereocenters. The van der Waals surface area contributed by atoms with Gasteiger partial charge in [-0.3, -0.25) is 9.69 Å². The maximum atomic E-state index is 13.0. The number of nitrogens with zero attached hydrogens (tertiary/aromatic N) is 1. The first-order valence-electron chi connectivity index (χ1n) is 11.1. The molecule has 1 amide bonds. The van der Waals surface area contributed by atoms with Gasteiger partial charge in [-0.1, -0.05) is 30.3 Å². The zero-order chi connectivity index (χ0) is 20.8. The van der Waals surface area contributed by atoms with Crippen LogP contribution in [0.15, 0.2) is 48.5 Å². The van der Waals surface area contributed by atoms with Crippen LogP contribution in [0.2, 0.25) is 0 Å². The van der Waals surface area contributed by atoms with Gasteiger partial charge in [0.1, 0.15) is 0 Å². The van der Waals surface area contributed by atoms with E-state index in [0.717, 1.165) is 56.8 Å². The molecule has 1 aliphatic heterocycles. The second-order valence-electron chi connectivity index (χ2n) is 8.44. The molecule has 1 unspecified atom stereocenters. The first-order valence-corrected chi connectivity index (χ1v) is 11.1. The van der Waals surface area contributed by atoms with Crippen molar-refractivity contribution in [1.29, 1.82) is 0 Å². The molecule has 1 heterocycles. The number of methoxy groups -OCH3 is 1. The summed E-state index contributed by atoms with van der Waals surface area (Å²) in [6.45, 7) is 2.73. The molecule has 1 saturated carbocycles. The number of rotatable bonds is 7. The summed E-state index contributed by atoms with van der Waals surface area (Å²) in [5, 5.41) is 3.11. The van der Waals surface area contributed by atoms with Crippen molar-refractivity contribution in [2.75, 3.05) is 25.5 Å². The lowest BCUT2D eigenvalue weighted by Crippen LogP contribution is -2.40. The first-order chi connectivity index (χ1) is 14.7. The average molecular weight is 409 g/mol. The van der Waals surface area contributed by atoms with Crippen molar-refractivity contribution >= 4 is 11.6 Å². The van der Waals surface area contributed by atoms with E-state index in [1.165, 1.54) is 18.4 Å². The number of likely N-dealkylation sites (tertiary alicyclic amines) is 1. The summed E-state index contributed by atoms with van der Waals surface area (Å²) < 4.78 is 11.6. The molecule has 1 aliphatic carbocycles. The van der Waals surface area contributed by atoms with Crippen molar-refractivity contribution in [3.8, 4) is 11.5 Å². The van der Waals surface area contributed by atoms with E-state index in [4.69, 9.17) is 9.47 Å². The van der Waals surface area contributed by atoms with E-state index in [2.05, 4.69) is 34.5 Å². The Hall–Kier alpha value is -2.53. The molecule has 30 heavy (non-hydrogen) atoms. The molecular formula is C25H32N2O3. The molecule has 0 aromatic heterocycles. The van der Waals surface area contributed by atoms with Gasteiger partial charge in [0.2, 0.25) is 5.91 Å². The smallest absolute Gasteiger partial charge is 0.228 e. The van der Waals surface area contributed by atoms with Gasteiger partial charge in [-0.15, -0.1) is 0 Å². The monoisotopic (exact) mass is 408 g/mol. The highest BCUT2D eigenvalue weighted by Crippen LogP contribution is 2.34. The van der Waals surface area contributed by atoms with Crippen molar-refractivity contribution in [3.63, 3.8) is 0 Å². The van der Waals surface area contributed by atoms with Crippen LogP contribution in [0.4, 0.5) is 5.69 Å². The Bertz CT molecular complexity index is 834. The fraction of sp³-hybridized carbons (Fsp3) is 0.480. The lowest BCUT2D eigenvalue weighted by Gasteiger charge is -2.32. The quantitative estimate of drug-likeness (QED) is 0.710. The third-order valence-electron chi connectivity index (χ3n) is 6.15. The third-order valence-corrected chi connectivity index (χ3v) is 6.15. The lowest BCUT2D eigenvalue weighted by molar-refractivity contribution is -0.121. The summed E-state index contributed by atoms with van der Waals surface area (Å²) in [6.07, 6.45) is 6.81. The van der Waals surface area contributed by atoms with Gasteiger partial charge >= 0.3 is 0 Å². The molecule has 0 bridgehead atoms. The average Bonchev–Trinajstić information content (AvgIpc) is 3.28. The molecule has 1 N–H and O–H groups in total. The Balaban J connectivity index is 1.37. The van der Waals surface area contributed by atoms with Crippen LogP contribution < -0.4 is 14.8 Å². The molecule has 2 aromatic rings. The SMILES string of the molecule is COc1ccc(NC(=O)C2CCCN(Cc3ccccc3)C2)cc1OC1CCCC1. The highest BCUT2D eigenvalue weighted by Gasteiger charge is 2.26. The van der Waals surface area contributed by atoms with Crippen LogP contribution in [0.5, 0.6) is 11.5 Å². The second-order valence-corrected chi connectivity index (χ2v) is 8.44. The van der Waals surface area contributed by atoms with Gasteiger partial charge in [-0.05, 0) is 62.8 Å². The Morgan fingerprint density at radius 1 is 1.03 bits per heavy atom. The van der Waals surface area contributed by atoms with Crippen LogP contribution in [-0.4, -0.2) is 37.1 Å². The third kappa shape index (κ3) is 5.33. The number of amides is 1. The predicted molar refractivity (Wildman–Crippen MR) is 119 cm³/mol. The molecule has 4 rings (SSSR count). The second kappa shape index (κ2) is 9.98. The number of hydrogen-bond donors (Lipinski definition) is 1. The lowest BCUT2D eigenvalue weighted by atomic mass is 9.96. The van der Waals surface area contributed by atoms with Crippen LogP contribution in [0.3, 0.4) is 0 Å². The number of piperidine rings is 1. The molecule has 160 valence electrons. The van der Waals surface area contributed by atoms with Crippen LogP contribution in [0.25, 0.3) is 0 Å². The summed E-state index contributed by atoms with van der Waals surface area (Å²) in [4.78, 5) is 15.3. The van der Waals surface area contributed by atoms with Gasteiger partial charge in [-0.25, -0.2) is 0 Å². The van der Waals surface area contributed by atoms with Crippen molar-refractivity contribution in [3.05, 3.63) is 54.1 Å². The Labute approximate surface area is 179 Å². The molecule has 1 saturated heterocycles. The zero-order valence-corrected chi connectivity index (χ0v) is 17.8. The van der Waals surface area contributed by atoms with E-state index in [1.54, 1.807) is 7.11 Å². The highest BCUT2D eigenvalue weighted by molar-refractivity contribution is 5.93. The van der Waals surface area contributed by atoms with Gasteiger partial charge in [0.15, 0.2) is 11.5 Å². The van der Waals surface area contributed by atoms with Gasteiger partial charge in [0.25, 0.3) is 0 Å². The Morgan fingerprint density at radius 3 is 2.60 bits per heavy atom. The largest absolute Gasteiger partial charge is 0.493 e. The van der Waals surface area contributed by atoms with Crippen molar-refractivity contribution in [2.24, 2.45) is 5.92 Å². The van der Waals surface area contributed by atoms with Crippen LogP contribution in [0, 0.1) is 5.92 Å². The highest BCUT2D eigenvalue weighted by atomic mass is 16.5. The molecule has 0 radical (unpaired) electrons. The normalized spacial score (nSPS) is 20.1. The molecule has 5 nitrogen and oxygen atoms in total. The van der Waals surface area contributed by atoms with Crippen molar-refractivity contribution < 1.29 is 14.3 Å². The van der Waals surface area contributed by atoms with E-state index < -0.39 is 0 Å². The van der Waals surface area contributed by atoms with E-state index in [-0.39, 0.29) is 17.9 Å². The number of hydrogen-bond acceptors (Lipinski definition) is 4. The standard InChI is InChI=1S/C25H32N2O3/c1-29-23-14-13-21(16-24(23)30-22-11-5-6-12-22)26-25(28)20-10-7-15-27(18-20)17-19-8-3-2-4-9-19/h2-4,8-9,13-14,16,20,22H,5-7,10-12,15,17-18H2,1H3,(H,26,28). The van der Waals surface area contributed by atoms with Crippen LogP contribution in [-0.2, 0) is 11.3 Å². The Morgan fingerprint density at radius 2 is 1.83 bits per heavy atom. The summed E-state index contributed by atoms with van der Waals surface area (Å²) in [7, 11) is 1.65. The minimum atomic E-state index is 0.00349. The molecule has 0 spiro atoms. The molecule has 2 fully saturated rings. The summed E-state index contributed by atoms with van der Waals surface area (Å²) in [5.74, 6) is 1.52.